The highest BCUT2D eigenvalue weighted by atomic mass is 16.3. The highest BCUT2D eigenvalue weighted by molar-refractivity contribution is 5.76. The molecule has 27 heavy (non-hydrogen) atoms. The zero-order valence-corrected chi connectivity index (χ0v) is 16.1. The first-order valence-electron chi connectivity index (χ1n) is 9.09. The molecule has 1 aliphatic rings. The van der Waals surface area contributed by atoms with E-state index >= 15 is 0 Å². The highest BCUT2D eigenvalue weighted by Crippen LogP contribution is 2.31. The topological polar surface area (TPSA) is 53.7 Å². The minimum absolute atomic E-state index is 0.279. The molecule has 1 aliphatic heterocycles. The van der Waals surface area contributed by atoms with Crippen LogP contribution in [0.4, 0.5) is 0 Å². The van der Waals surface area contributed by atoms with E-state index in [9.17, 15) is 5.11 Å². The fourth-order valence-electron chi connectivity index (χ4n) is 3.60. The average molecular weight is 360 g/mol. The third kappa shape index (κ3) is 2.94. The number of aliphatic hydroxyl groups excluding tert-OH is 1. The van der Waals surface area contributed by atoms with Gasteiger partial charge in [-0.2, -0.15) is 0 Å². The first kappa shape index (κ1) is 17.5. The van der Waals surface area contributed by atoms with Crippen molar-refractivity contribution < 1.29 is 5.11 Å². The van der Waals surface area contributed by atoms with E-state index in [1.54, 1.807) is 0 Å². The Morgan fingerprint density at radius 3 is 2.48 bits per heavy atom. The van der Waals surface area contributed by atoms with Crippen molar-refractivity contribution in [2.24, 2.45) is 0 Å². The van der Waals surface area contributed by atoms with Crippen LogP contribution in [0.1, 0.15) is 37.7 Å². The van der Waals surface area contributed by atoms with Gasteiger partial charge >= 0.3 is 0 Å². The summed E-state index contributed by atoms with van der Waals surface area (Å²) < 4.78 is 2.07. The Kier molecular flexibility index (Phi) is 4.12. The molecule has 0 amide bonds. The molecule has 0 aliphatic carbocycles. The van der Waals surface area contributed by atoms with Gasteiger partial charge in [0.1, 0.15) is 12.1 Å². The van der Waals surface area contributed by atoms with Gasteiger partial charge in [-0.1, -0.05) is 30.3 Å². The molecular formula is C22H24N4O. The van der Waals surface area contributed by atoms with Gasteiger partial charge in [0.25, 0.3) is 0 Å². The number of likely N-dealkylation sites (N-methyl/N-ethyl adjacent to an activating group) is 1. The van der Waals surface area contributed by atoms with E-state index in [0.29, 0.717) is 0 Å². The summed E-state index contributed by atoms with van der Waals surface area (Å²) in [5.41, 5.74) is 4.77. The molecule has 5 nitrogen and oxygen atoms in total. The number of hydrogen-bond acceptors (Lipinski definition) is 4. The summed E-state index contributed by atoms with van der Waals surface area (Å²) in [6, 6.07) is 14.4. The monoisotopic (exact) mass is 360 g/mol. The molecule has 2 aromatic heterocycles. The first-order chi connectivity index (χ1) is 12.9. The second-order valence-corrected chi connectivity index (χ2v) is 7.67. The Labute approximate surface area is 159 Å². The lowest BCUT2D eigenvalue weighted by Gasteiger charge is -2.28. The van der Waals surface area contributed by atoms with E-state index in [1.807, 2.05) is 61.5 Å². The van der Waals surface area contributed by atoms with Gasteiger partial charge in [0.15, 0.2) is 5.65 Å². The summed E-state index contributed by atoms with van der Waals surface area (Å²) in [5, 5.41) is 19.0. The molecule has 3 aromatic rings. The van der Waals surface area contributed by atoms with Gasteiger partial charge in [-0.3, -0.25) is 4.40 Å². The van der Waals surface area contributed by atoms with Gasteiger partial charge < -0.3 is 10.0 Å². The molecule has 4 rings (SSSR count). The molecule has 0 fully saturated rings. The van der Waals surface area contributed by atoms with Gasteiger partial charge in [0, 0.05) is 19.4 Å². The van der Waals surface area contributed by atoms with Gasteiger partial charge in [-0.15, -0.1) is 10.2 Å². The van der Waals surface area contributed by atoms with Crippen LogP contribution in [0.15, 0.2) is 66.5 Å². The number of aromatic nitrogens is 3. The third-order valence-electron chi connectivity index (χ3n) is 5.31. The number of hydrogen-bond donors (Lipinski definition) is 1. The lowest BCUT2D eigenvalue weighted by atomic mass is 9.84. The molecule has 0 bridgehead atoms. The molecular weight excluding hydrogens is 336 g/mol. The molecule has 0 spiro atoms. The van der Waals surface area contributed by atoms with Crippen molar-refractivity contribution in [1.82, 2.24) is 19.5 Å². The van der Waals surface area contributed by atoms with E-state index in [0.717, 1.165) is 28.2 Å². The largest absolute Gasteiger partial charge is 0.370 e. The van der Waals surface area contributed by atoms with Crippen LogP contribution >= 0.6 is 0 Å². The third-order valence-corrected chi connectivity index (χ3v) is 5.31. The second-order valence-electron chi connectivity index (χ2n) is 7.67. The number of fused-ring (bicyclic) bond motifs is 1. The SMILES string of the molecule is CC1=CC(c2ccc3nnc(C(C)(C)c4ccccc4)n3c2)=CN(C)C1O. The van der Waals surface area contributed by atoms with Crippen molar-refractivity contribution in [2.75, 3.05) is 7.05 Å². The number of benzene rings is 1. The fourth-order valence-corrected chi connectivity index (χ4v) is 3.60. The molecule has 138 valence electrons. The maximum atomic E-state index is 10.1. The van der Waals surface area contributed by atoms with Crippen LogP contribution in [0.5, 0.6) is 0 Å². The predicted octanol–water partition coefficient (Wildman–Crippen LogP) is 3.61. The molecule has 1 atom stereocenters. The summed E-state index contributed by atoms with van der Waals surface area (Å²) >= 11 is 0. The minimum Gasteiger partial charge on any atom is -0.370 e. The van der Waals surface area contributed by atoms with Crippen molar-refractivity contribution in [3.05, 3.63) is 83.5 Å². The van der Waals surface area contributed by atoms with Gasteiger partial charge in [-0.25, -0.2) is 0 Å². The minimum atomic E-state index is -0.569. The summed E-state index contributed by atoms with van der Waals surface area (Å²) in [6.45, 7) is 6.27. The molecule has 0 saturated carbocycles. The quantitative estimate of drug-likeness (QED) is 0.775. The first-order valence-corrected chi connectivity index (χ1v) is 9.09. The van der Waals surface area contributed by atoms with E-state index in [-0.39, 0.29) is 5.41 Å². The van der Waals surface area contributed by atoms with Gasteiger partial charge in [0.05, 0.1) is 5.41 Å². The average Bonchev–Trinajstić information content (AvgIpc) is 3.10. The molecule has 1 N–H and O–H groups in total. The standard InChI is InChI=1S/C22H24N4O/c1-15-12-17(13-25(4)20(15)27)16-10-11-19-23-24-21(26(19)14-16)22(2,3)18-8-6-5-7-9-18/h5-14,20,27H,1-4H3. The Bertz CT molecular complexity index is 1050. The van der Waals surface area contributed by atoms with Crippen LogP contribution in [0.3, 0.4) is 0 Å². The van der Waals surface area contributed by atoms with Crippen LogP contribution in [0.25, 0.3) is 11.2 Å². The number of nitrogens with zero attached hydrogens (tertiary/aromatic N) is 4. The Hall–Kier alpha value is -2.92. The predicted molar refractivity (Wildman–Crippen MR) is 107 cm³/mol. The Morgan fingerprint density at radius 1 is 1.04 bits per heavy atom. The molecule has 0 saturated heterocycles. The Morgan fingerprint density at radius 2 is 1.78 bits per heavy atom. The number of pyridine rings is 1. The number of aliphatic hydroxyl groups is 1. The van der Waals surface area contributed by atoms with Crippen LogP contribution in [0, 0.1) is 0 Å². The molecule has 3 heterocycles. The summed E-state index contributed by atoms with van der Waals surface area (Å²) in [4.78, 5) is 1.82. The Balaban J connectivity index is 1.82. The maximum absolute atomic E-state index is 10.1. The van der Waals surface area contributed by atoms with Gasteiger partial charge in [-0.05, 0) is 61.3 Å². The van der Waals surface area contributed by atoms with Crippen LogP contribution < -0.4 is 0 Å². The smallest absolute Gasteiger partial charge is 0.160 e. The van der Waals surface area contributed by atoms with Gasteiger partial charge in [0.2, 0.25) is 0 Å². The fraction of sp³-hybridized carbons (Fsp3) is 0.273. The highest BCUT2D eigenvalue weighted by Gasteiger charge is 2.29. The second kappa shape index (κ2) is 6.35. The van der Waals surface area contributed by atoms with Crippen molar-refractivity contribution in [1.29, 1.82) is 0 Å². The molecule has 0 radical (unpaired) electrons. The maximum Gasteiger partial charge on any atom is 0.160 e. The zero-order valence-electron chi connectivity index (χ0n) is 16.1. The van der Waals surface area contributed by atoms with Crippen LogP contribution in [-0.4, -0.2) is 37.9 Å². The molecule has 1 unspecified atom stereocenters. The van der Waals surface area contributed by atoms with E-state index in [1.165, 1.54) is 5.56 Å². The zero-order chi connectivity index (χ0) is 19.2. The molecule has 5 heteroatoms. The summed E-state index contributed by atoms with van der Waals surface area (Å²) in [5.74, 6) is 0.899. The summed E-state index contributed by atoms with van der Waals surface area (Å²) in [7, 11) is 1.88. The van der Waals surface area contributed by atoms with E-state index < -0.39 is 6.23 Å². The van der Waals surface area contributed by atoms with Crippen LogP contribution in [-0.2, 0) is 5.41 Å². The van der Waals surface area contributed by atoms with E-state index in [4.69, 9.17) is 0 Å². The molecule has 1 aromatic carbocycles. The number of allylic oxidation sites excluding steroid dienone is 2. The van der Waals surface area contributed by atoms with Crippen molar-refractivity contribution in [3.63, 3.8) is 0 Å². The lowest BCUT2D eigenvalue weighted by molar-refractivity contribution is 0.0868. The van der Waals surface area contributed by atoms with Crippen molar-refractivity contribution >= 4 is 11.2 Å². The van der Waals surface area contributed by atoms with Crippen molar-refractivity contribution in [3.8, 4) is 0 Å². The lowest BCUT2D eigenvalue weighted by Crippen LogP contribution is -2.30. The van der Waals surface area contributed by atoms with Crippen molar-refractivity contribution in [2.45, 2.75) is 32.4 Å². The number of rotatable bonds is 3. The van der Waals surface area contributed by atoms with E-state index in [2.05, 4.69) is 46.8 Å². The normalized spacial score (nSPS) is 17.8. The summed E-state index contributed by atoms with van der Waals surface area (Å²) in [6.07, 6.45) is 5.50. The van der Waals surface area contributed by atoms with Crippen LogP contribution in [0.2, 0.25) is 0 Å².